The Hall–Kier alpha value is -2.86. The molecular formula is C26H33N3O3. The molecule has 32 heavy (non-hydrogen) atoms. The van der Waals surface area contributed by atoms with E-state index >= 15 is 0 Å². The second-order valence-electron chi connectivity index (χ2n) is 9.64. The fraction of sp³-hybridized carbons (Fsp3) is 0.462. The lowest BCUT2D eigenvalue weighted by Gasteiger charge is -2.36. The minimum absolute atomic E-state index is 0.172. The summed E-state index contributed by atoms with van der Waals surface area (Å²) >= 11 is 0. The Kier molecular flexibility index (Phi) is 5.99. The van der Waals surface area contributed by atoms with Gasteiger partial charge >= 0.3 is 5.97 Å². The van der Waals surface area contributed by atoms with Crippen LogP contribution in [0.4, 0.5) is 11.5 Å². The van der Waals surface area contributed by atoms with E-state index < -0.39 is 0 Å². The first-order chi connectivity index (χ1) is 15.2. The number of carbonyl (C=O) groups is 1. The number of hydrogen-bond donors (Lipinski definition) is 2. The summed E-state index contributed by atoms with van der Waals surface area (Å²) < 4.78 is 10.6. The lowest BCUT2D eigenvalue weighted by molar-refractivity contribution is -0.140. The Morgan fingerprint density at radius 3 is 2.72 bits per heavy atom. The van der Waals surface area contributed by atoms with Crippen LogP contribution in [0.25, 0.3) is 0 Å². The van der Waals surface area contributed by atoms with Gasteiger partial charge in [0.1, 0.15) is 12.4 Å². The number of nitrogens with two attached hydrogens (primary N) is 1. The van der Waals surface area contributed by atoms with Gasteiger partial charge in [0.05, 0.1) is 12.2 Å². The average Bonchev–Trinajstić information content (AvgIpc) is 2.74. The highest BCUT2D eigenvalue weighted by Gasteiger charge is 2.39. The van der Waals surface area contributed by atoms with Crippen LogP contribution in [0, 0.1) is 12.3 Å². The molecule has 1 aromatic heterocycles. The van der Waals surface area contributed by atoms with Crippen molar-refractivity contribution in [2.75, 3.05) is 31.4 Å². The topological polar surface area (TPSA) is 86.5 Å². The van der Waals surface area contributed by atoms with Crippen molar-refractivity contribution in [3.05, 3.63) is 63.5 Å². The minimum atomic E-state index is -0.358. The van der Waals surface area contributed by atoms with Gasteiger partial charge in [-0.05, 0) is 55.2 Å². The van der Waals surface area contributed by atoms with Gasteiger partial charge in [-0.2, -0.15) is 0 Å². The van der Waals surface area contributed by atoms with Crippen LogP contribution in [0.15, 0.2) is 35.5 Å². The van der Waals surface area contributed by atoms with Gasteiger partial charge in [-0.3, -0.25) is 0 Å². The quantitative estimate of drug-likeness (QED) is 0.531. The molecule has 1 unspecified atom stereocenters. The number of esters is 1. The molecule has 4 rings (SSSR count). The van der Waals surface area contributed by atoms with Crippen LogP contribution in [-0.2, 0) is 27.1 Å². The fourth-order valence-electron chi connectivity index (χ4n) is 4.92. The number of fused-ring (bicyclic) bond motifs is 2. The molecule has 6 heteroatoms. The Bertz CT molecular complexity index is 1090. The summed E-state index contributed by atoms with van der Waals surface area (Å²) in [6, 6.07) is 8.13. The maximum atomic E-state index is 13.3. The molecule has 2 heterocycles. The predicted molar refractivity (Wildman–Crippen MR) is 127 cm³/mol. The van der Waals surface area contributed by atoms with Gasteiger partial charge < -0.3 is 20.5 Å². The maximum Gasteiger partial charge on any atom is 0.336 e. The number of ether oxygens (including phenoxy) is 2. The van der Waals surface area contributed by atoms with Crippen LogP contribution in [-0.4, -0.2) is 31.3 Å². The molecule has 3 N–H and O–H groups in total. The van der Waals surface area contributed by atoms with Crippen molar-refractivity contribution in [3.63, 3.8) is 0 Å². The molecule has 170 valence electrons. The number of nitrogens with one attached hydrogen (secondary N) is 1. The summed E-state index contributed by atoms with van der Waals surface area (Å²) in [7, 11) is 1.59. The standard InChI is InChI=1S/C26H33N3O3/c1-15-8-6-7-9-17(15)21-20(25(30)32-13-12-31-5)16(2)28-24-22(21)23(27)18-14-26(3,4)11-10-19(18)29-24/h6-9,21H,10-14H2,1-5H3,(H3,27,28,29). The van der Waals surface area contributed by atoms with E-state index in [1.807, 2.05) is 19.1 Å². The van der Waals surface area contributed by atoms with E-state index in [2.05, 4.69) is 38.2 Å². The number of benzene rings is 1. The molecule has 0 bridgehead atoms. The number of methoxy groups -OCH3 is 1. The molecule has 1 aliphatic carbocycles. The third kappa shape index (κ3) is 3.99. The second kappa shape index (κ2) is 8.58. The van der Waals surface area contributed by atoms with Crippen molar-refractivity contribution < 1.29 is 14.3 Å². The van der Waals surface area contributed by atoms with Gasteiger partial charge in [-0.25, -0.2) is 9.78 Å². The highest BCUT2D eigenvalue weighted by molar-refractivity contribution is 5.95. The van der Waals surface area contributed by atoms with Crippen molar-refractivity contribution in [1.29, 1.82) is 0 Å². The molecule has 1 atom stereocenters. The van der Waals surface area contributed by atoms with E-state index in [1.165, 1.54) is 0 Å². The van der Waals surface area contributed by atoms with Crippen LogP contribution in [0.1, 0.15) is 61.1 Å². The van der Waals surface area contributed by atoms with Gasteiger partial charge in [0.25, 0.3) is 0 Å². The Morgan fingerprint density at radius 2 is 2.00 bits per heavy atom. The van der Waals surface area contributed by atoms with Crippen molar-refractivity contribution in [2.24, 2.45) is 5.41 Å². The van der Waals surface area contributed by atoms with Crippen molar-refractivity contribution >= 4 is 17.5 Å². The number of carbonyl (C=O) groups excluding carboxylic acids is 1. The van der Waals surface area contributed by atoms with E-state index in [1.54, 1.807) is 7.11 Å². The molecule has 6 nitrogen and oxygen atoms in total. The number of allylic oxidation sites excluding steroid dienone is 1. The zero-order valence-electron chi connectivity index (χ0n) is 19.7. The molecule has 0 fully saturated rings. The highest BCUT2D eigenvalue weighted by atomic mass is 16.6. The first-order valence-electron chi connectivity index (χ1n) is 11.2. The van der Waals surface area contributed by atoms with E-state index in [0.29, 0.717) is 12.2 Å². The highest BCUT2D eigenvalue weighted by Crippen LogP contribution is 2.48. The SMILES string of the molecule is COCCOC(=O)C1=C(C)Nc2nc3c(c(N)c2C1c1ccccc1C)CC(C)(C)CC3. The van der Waals surface area contributed by atoms with Crippen molar-refractivity contribution in [2.45, 2.75) is 52.9 Å². The summed E-state index contributed by atoms with van der Waals surface area (Å²) in [5.41, 5.74) is 14.3. The molecule has 1 aliphatic heterocycles. The smallest absolute Gasteiger partial charge is 0.336 e. The minimum Gasteiger partial charge on any atom is -0.460 e. The average molecular weight is 436 g/mol. The van der Waals surface area contributed by atoms with Crippen LogP contribution >= 0.6 is 0 Å². The Labute approximate surface area is 190 Å². The fourth-order valence-corrected chi connectivity index (χ4v) is 4.92. The number of nitrogens with zero attached hydrogens (tertiary/aromatic N) is 1. The number of aryl methyl sites for hydroxylation is 2. The molecule has 0 saturated carbocycles. The predicted octanol–water partition coefficient (Wildman–Crippen LogP) is 4.51. The summed E-state index contributed by atoms with van der Waals surface area (Å²) in [6.07, 6.45) is 2.87. The number of anilines is 2. The van der Waals surface area contributed by atoms with Crippen LogP contribution in [0.2, 0.25) is 0 Å². The molecule has 0 amide bonds. The summed E-state index contributed by atoms with van der Waals surface area (Å²) in [4.78, 5) is 18.3. The molecule has 0 spiro atoms. The Morgan fingerprint density at radius 1 is 1.25 bits per heavy atom. The first-order valence-corrected chi connectivity index (χ1v) is 11.2. The second-order valence-corrected chi connectivity index (χ2v) is 9.64. The van der Waals surface area contributed by atoms with Gasteiger partial charge in [-0.15, -0.1) is 0 Å². The largest absolute Gasteiger partial charge is 0.460 e. The van der Waals surface area contributed by atoms with E-state index in [9.17, 15) is 4.79 Å². The number of nitrogen functional groups attached to an aromatic ring is 1. The zero-order valence-corrected chi connectivity index (χ0v) is 19.7. The van der Waals surface area contributed by atoms with E-state index in [0.717, 1.165) is 64.4 Å². The molecular weight excluding hydrogens is 402 g/mol. The third-order valence-electron chi connectivity index (χ3n) is 6.69. The number of aromatic nitrogens is 1. The molecule has 2 aliphatic rings. The molecule has 2 aromatic rings. The zero-order chi connectivity index (χ0) is 23.0. The lowest BCUT2D eigenvalue weighted by atomic mass is 9.73. The van der Waals surface area contributed by atoms with Gasteiger partial charge in [0.2, 0.25) is 0 Å². The maximum absolute atomic E-state index is 13.3. The number of hydrogen-bond acceptors (Lipinski definition) is 6. The number of rotatable bonds is 5. The first kappa shape index (κ1) is 22.3. The molecule has 0 saturated heterocycles. The van der Waals surface area contributed by atoms with Crippen LogP contribution in [0.5, 0.6) is 0 Å². The van der Waals surface area contributed by atoms with Gasteiger partial charge in [0, 0.05) is 35.7 Å². The van der Waals surface area contributed by atoms with E-state index in [4.69, 9.17) is 20.2 Å². The normalized spacial score (nSPS) is 19.1. The lowest BCUT2D eigenvalue weighted by Crippen LogP contribution is -2.30. The number of pyridine rings is 1. The van der Waals surface area contributed by atoms with Crippen molar-refractivity contribution in [3.8, 4) is 0 Å². The van der Waals surface area contributed by atoms with E-state index in [-0.39, 0.29) is 23.9 Å². The monoisotopic (exact) mass is 435 g/mol. The van der Waals surface area contributed by atoms with Crippen LogP contribution in [0.3, 0.4) is 0 Å². The summed E-state index contributed by atoms with van der Waals surface area (Å²) in [6.45, 7) is 9.06. The van der Waals surface area contributed by atoms with Gasteiger partial charge in [-0.1, -0.05) is 38.1 Å². The van der Waals surface area contributed by atoms with Gasteiger partial charge in [0.15, 0.2) is 0 Å². The third-order valence-corrected chi connectivity index (χ3v) is 6.69. The molecule has 1 aromatic carbocycles. The Balaban J connectivity index is 1.90. The molecule has 0 radical (unpaired) electrons. The summed E-state index contributed by atoms with van der Waals surface area (Å²) in [5.74, 6) is 0.0499. The van der Waals surface area contributed by atoms with Crippen LogP contribution < -0.4 is 11.1 Å². The summed E-state index contributed by atoms with van der Waals surface area (Å²) in [5, 5.41) is 3.37. The van der Waals surface area contributed by atoms with Crippen molar-refractivity contribution in [1.82, 2.24) is 4.98 Å².